The van der Waals surface area contributed by atoms with Crippen LogP contribution < -0.4 is 32.1 Å². The summed E-state index contributed by atoms with van der Waals surface area (Å²) < 4.78 is 37.0. The van der Waals surface area contributed by atoms with Crippen molar-refractivity contribution >= 4 is 47.2 Å². The molecule has 3 amide bonds. The highest BCUT2D eigenvalue weighted by Gasteiger charge is 2.26. The second kappa shape index (κ2) is 21.2. The van der Waals surface area contributed by atoms with E-state index in [0.29, 0.717) is 118 Å². The van der Waals surface area contributed by atoms with Gasteiger partial charge in [0.2, 0.25) is 17.7 Å². The van der Waals surface area contributed by atoms with Crippen LogP contribution in [0.3, 0.4) is 0 Å². The molecule has 0 unspecified atom stereocenters. The van der Waals surface area contributed by atoms with Crippen molar-refractivity contribution < 1.29 is 42.8 Å². The molecule has 290 valence electrons. The van der Waals surface area contributed by atoms with Crippen molar-refractivity contribution in [2.24, 2.45) is 0 Å². The van der Waals surface area contributed by atoms with Gasteiger partial charge >= 0.3 is 0 Å². The second-order valence-corrected chi connectivity index (χ2v) is 12.6. The lowest BCUT2D eigenvalue weighted by Gasteiger charge is -2.27. The number of nitrogen functional groups attached to an aromatic ring is 1. The second-order valence-electron chi connectivity index (χ2n) is 12.6. The largest absolute Gasteiger partial charge is 0.397 e. The zero-order valence-electron chi connectivity index (χ0n) is 30.4. The van der Waals surface area contributed by atoms with Crippen LogP contribution in [0.25, 0.3) is 23.4 Å². The molecule has 3 heterocycles. The molecule has 2 aliphatic rings. The van der Waals surface area contributed by atoms with E-state index in [1.165, 1.54) is 18.5 Å². The van der Waals surface area contributed by atoms with Crippen molar-refractivity contribution in [3.63, 3.8) is 0 Å². The van der Waals surface area contributed by atoms with Gasteiger partial charge in [0.25, 0.3) is 0 Å². The van der Waals surface area contributed by atoms with Gasteiger partial charge in [-0.1, -0.05) is 0 Å². The Balaban J connectivity index is 0.976. The van der Waals surface area contributed by atoms with Gasteiger partial charge in [0, 0.05) is 68.3 Å². The van der Waals surface area contributed by atoms with E-state index in [0.717, 1.165) is 0 Å². The molecular weight excluding hydrogens is 691 g/mol. The zero-order chi connectivity index (χ0) is 38.2. The number of anilines is 2. The molecule has 0 radical (unpaired) electrons. The Bertz CT molecular complexity index is 1710. The van der Waals surface area contributed by atoms with Gasteiger partial charge in [-0.3, -0.25) is 29.8 Å². The molecule has 0 spiro atoms. The van der Waals surface area contributed by atoms with E-state index < -0.39 is 11.7 Å². The number of amidine groups is 1. The Morgan fingerprint density at radius 1 is 1.04 bits per heavy atom. The molecule has 7 N–H and O–H groups in total. The number of fused-ring (bicyclic) bond motifs is 1. The molecule has 1 fully saturated rings. The quantitative estimate of drug-likeness (QED) is 0.0535. The fraction of sp³-hybridized carbons (Fsp3) is 0.528. The van der Waals surface area contributed by atoms with Gasteiger partial charge in [-0.2, -0.15) is 0 Å². The van der Waals surface area contributed by atoms with Crippen LogP contribution in [0.15, 0.2) is 18.5 Å². The Kier molecular flexibility index (Phi) is 16.5. The minimum Gasteiger partial charge on any atom is -0.397 e. The summed E-state index contributed by atoms with van der Waals surface area (Å²) >= 11 is 0. The van der Waals surface area contributed by atoms with Gasteiger partial charge in [0.1, 0.15) is 5.84 Å². The number of halogens is 1. The molecule has 1 aromatic carbocycles. The topological polar surface area (TPSA) is 214 Å². The number of nitrogens with zero attached hydrogens (tertiary/aromatic N) is 3. The highest BCUT2D eigenvalue weighted by atomic mass is 19.1. The molecule has 17 heteroatoms. The lowest BCUT2D eigenvalue weighted by atomic mass is 9.97. The average molecular weight is 743 g/mol. The van der Waals surface area contributed by atoms with Crippen molar-refractivity contribution in [1.82, 2.24) is 25.6 Å². The molecule has 2 aromatic rings. The van der Waals surface area contributed by atoms with Gasteiger partial charge in [0.15, 0.2) is 5.82 Å². The van der Waals surface area contributed by atoms with Crippen LogP contribution in [0, 0.1) is 18.2 Å². The Labute approximate surface area is 308 Å². The molecule has 1 atom stereocenters. The molecule has 0 aliphatic carbocycles. The molecule has 1 aromatic heterocycles. The summed E-state index contributed by atoms with van der Waals surface area (Å²) in [6.45, 7) is 6.12. The maximum absolute atomic E-state index is 15.2. The zero-order valence-corrected chi connectivity index (χ0v) is 30.4. The van der Waals surface area contributed by atoms with Gasteiger partial charge in [-0.05, 0) is 42.7 Å². The number of aliphatic hydroxyl groups excluding tert-OH is 1. The normalized spacial score (nSPS) is 15.2. The Morgan fingerprint density at radius 2 is 1.70 bits per heavy atom. The smallest absolute Gasteiger partial charge is 0.238 e. The van der Waals surface area contributed by atoms with E-state index in [4.69, 9.17) is 30.1 Å². The number of aliphatic hydroxyl groups is 1. The van der Waals surface area contributed by atoms with Gasteiger partial charge in [-0.15, -0.1) is 0 Å². The maximum Gasteiger partial charge on any atom is 0.238 e. The fourth-order valence-corrected chi connectivity index (χ4v) is 5.59. The molecule has 53 heavy (non-hydrogen) atoms. The van der Waals surface area contributed by atoms with Crippen molar-refractivity contribution in [1.29, 1.82) is 5.41 Å². The van der Waals surface area contributed by atoms with E-state index in [9.17, 15) is 19.5 Å². The molecule has 1 saturated heterocycles. The number of hydrogen-bond acceptors (Lipinski definition) is 13. The van der Waals surface area contributed by atoms with E-state index in [1.54, 1.807) is 31.2 Å². The highest BCUT2D eigenvalue weighted by Crippen LogP contribution is 2.30. The third-order valence-corrected chi connectivity index (χ3v) is 8.70. The highest BCUT2D eigenvalue weighted by molar-refractivity contribution is 6.13. The summed E-state index contributed by atoms with van der Waals surface area (Å²) in [5.74, 6) is -1.29. The molecule has 16 nitrogen and oxygen atoms in total. The predicted molar refractivity (Wildman–Crippen MR) is 196 cm³/mol. The lowest BCUT2D eigenvalue weighted by molar-refractivity contribution is -0.145. The average Bonchev–Trinajstić information content (AvgIpc) is 3.54. The molecule has 2 aliphatic heterocycles. The minimum atomic E-state index is -0.449. The number of hydrazine groups is 1. The molecule has 0 saturated carbocycles. The summed E-state index contributed by atoms with van der Waals surface area (Å²) in [7, 11) is 1.70. The number of β-amino-alcohol motifs (C(OH)–C–C–N with tert-alkyl or cyclic N) is 1. The lowest BCUT2D eigenvalue weighted by Crippen LogP contribution is -2.43. The number of pyridine rings is 1. The summed E-state index contributed by atoms with van der Waals surface area (Å²) in [6.07, 6.45) is 7.14. The van der Waals surface area contributed by atoms with Crippen LogP contribution in [-0.2, 0) is 33.3 Å². The van der Waals surface area contributed by atoms with Crippen LogP contribution in [0.4, 0.5) is 15.8 Å². The van der Waals surface area contributed by atoms with Gasteiger partial charge in [0.05, 0.1) is 83.0 Å². The Morgan fingerprint density at radius 3 is 2.34 bits per heavy atom. The number of carbonyl (C=O) groups is 3. The van der Waals surface area contributed by atoms with E-state index in [-0.39, 0.29) is 48.6 Å². The number of ether oxygens (including phenoxy) is 4. The third kappa shape index (κ3) is 12.8. The van der Waals surface area contributed by atoms with Crippen LogP contribution in [0.1, 0.15) is 37.7 Å². The number of amides is 3. The van der Waals surface area contributed by atoms with Crippen molar-refractivity contribution in [3.05, 3.63) is 40.3 Å². The van der Waals surface area contributed by atoms with Gasteiger partial charge < -0.3 is 45.7 Å². The van der Waals surface area contributed by atoms with E-state index in [1.807, 2.05) is 5.01 Å². The Hall–Kier alpha value is -4.52. The van der Waals surface area contributed by atoms with Crippen LogP contribution in [0.2, 0.25) is 0 Å². The van der Waals surface area contributed by atoms with E-state index >= 15 is 4.39 Å². The standard InChI is InChI=1S/C36H51FN8O8/c1-24-28(20-40-22-30(24)38)27-18-25(29-21-42-36(29)35(27)37)19-31(39)43-33(48)5-3-4-32(47)41-8-11-51-13-15-53-17-16-52-14-12-50-10-7-34(49)44(2)45-9-6-26(46)23-45/h18-22,26,42,46H,3-17,23,38H2,1-2H3,(H,41,47)(H2,39,43,48)/t26-/m1/s1. The van der Waals surface area contributed by atoms with Crippen LogP contribution >= 0.6 is 0 Å². The molecule has 4 rings (SSSR count). The number of rotatable bonds is 22. The molecule has 0 bridgehead atoms. The van der Waals surface area contributed by atoms with Crippen molar-refractivity contribution in [2.75, 3.05) is 90.6 Å². The maximum atomic E-state index is 15.2. The van der Waals surface area contributed by atoms with Gasteiger partial charge in [-0.25, -0.2) is 9.40 Å². The first kappa shape index (κ1) is 41.2. The summed E-state index contributed by atoms with van der Waals surface area (Å²) in [4.78, 5) is 40.8. The number of nitrogens with one attached hydrogen (secondary N) is 4. The third-order valence-electron chi connectivity index (χ3n) is 8.70. The summed E-state index contributed by atoms with van der Waals surface area (Å²) in [5, 5.41) is 30.5. The number of carbonyl (C=O) groups excluding carboxylic acids is 3. The molecular formula is C36H51FN8O8. The van der Waals surface area contributed by atoms with Crippen molar-refractivity contribution in [3.8, 4) is 11.1 Å². The summed E-state index contributed by atoms with van der Waals surface area (Å²) in [6, 6.07) is 1.60. The number of nitrogens with two attached hydrogens (primary N) is 1. The first-order valence-electron chi connectivity index (χ1n) is 17.7. The predicted octanol–water partition coefficient (Wildman–Crippen LogP) is -0.00121. The number of hydrogen-bond donors (Lipinski definition) is 6. The minimum absolute atomic E-state index is 0.0493. The summed E-state index contributed by atoms with van der Waals surface area (Å²) in [5.41, 5.74) is 8.21. The van der Waals surface area contributed by atoms with Crippen LogP contribution in [0.5, 0.6) is 0 Å². The monoisotopic (exact) mass is 742 g/mol. The fourth-order valence-electron chi connectivity index (χ4n) is 5.59. The van der Waals surface area contributed by atoms with Crippen molar-refractivity contribution in [2.45, 2.75) is 45.1 Å². The number of benzene rings is 1. The first-order chi connectivity index (χ1) is 25.5. The van der Waals surface area contributed by atoms with E-state index in [2.05, 4.69) is 20.9 Å². The SMILES string of the molecule is Cc1c(N)cncc1-c1cc(=CC(=N)NC(=O)CCCC(=O)NCCOCCOCCOCCOCCC(=O)N(C)N2CC[C@@H](O)C2)c2c(c1F)NC=2. The first-order valence-corrected chi connectivity index (χ1v) is 17.7. The van der Waals surface area contributed by atoms with Crippen LogP contribution in [-0.4, -0.2) is 129 Å². The number of aromatic nitrogens is 1.